The van der Waals surface area contributed by atoms with Crippen molar-refractivity contribution in [1.82, 2.24) is 4.98 Å². The van der Waals surface area contributed by atoms with Crippen LogP contribution < -0.4 is 16.0 Å². The molecule has 0 unspecified atom stereocenters. The standard InChI is InChI=1S/C16H18N4O/c1-2-20(10-11-3-5-18-6-4-11)15-9-14-12(7-13(15)17)8-16(21)19-14/h3-7,9H,2,8,10,17H2,1H3,(H,19,21). The van der Waals surface area contributed by atoms with Crippen molar-refractivity contribution >= 4 is 23.0 Å². The topological polar surface area (TPSA) is 71.2 Å². The number of anilines is 3. The lowest BCUT2D eigenvalue weighted by molar-refractivity contribution is -0.115. The number of hydrogen-bond acceptors (Lipinski definition) is 4. The first-order chi connectivity index (χ1) is 10.2. The average molecular weight is 282 g/mol. The fourth-order valence-corrected chi connectivity index (χ4v) is 2.63. The van der Waals surface area contributed by atoms with Crippen LogP contribution in [-0.2, 0) is 17.8 Å². The number of carbonyl (C=O) groups is 1. The summed E-state index contributed by atoms with van der Waals surface area (Å²) in [6.07, 6.45) is 3.99. The number of carbonyl (C=O) groups excluding carboxylic acids is 1. The minimum atomic E-state index is 0.0266. The van der Waals surface area contributed by atoms with Crippen LogP contribution in [0.3, 0.4) is 0 Å². The second-order valence-corrected chi connectivity index (χ2v) is 5.16. The summed E-state index contributed by atoms with van der Waals surface area (Å²) in [6, 6.07) is 7.86. The van der Waals surface area contributed by atoms with E-state index in [0.29, 0.717) is 12.1 Å². The summed E-state index contributed by atoms with van der Waals surface area (Å²) >= 11 is 0. The molecule has 3 rings (SSSR count). The first-order valence-corrected chi connectivity index (χ1v) is 7.03. The molecule has 0 saturated carbocycles. The van der Waals surface area contributed by atoms with Crippen molar-refractivity contribution in [1.29, 1.82) is 0 Å². The van der Waals surface area contributed by atoms with Gasteiger partial charge in [0.05, 0.1) is 17.8 Å². The Labute approximate surface area is 123 Å². The number of nitrogens with one attached hydrogen (secondary N) is 1. The molecule has 2 aromatic rings. The van der Waals surface area contributed by atoms with E-state index in [9.17, 15) is 4.79 Å². The van der Waals surface area contributed by atoms with Crippen LogP contribution in [0.15, 0.2) is 36.7 Å². The van der Waals surface area contributed by atoms with Crippen LogP contribution in [0.25, 0.3) is 0 Å². The number of hydrogen-bond donors (Lipinski definition) is 2. The lowest BCUT2D eigenvalue weighted by Gasteiger charge is -2.25. The number of benzene rings is 1. The Kier molecular flexibility index (Phi) is 3.48. The molecule has 0 atom stereocenters. The molecule has 1 aliphatic heterocycles. The smallest absolute Gasteiger partial charge is 0.228 e. The molecule has 1 aromatic heterocycles. The predicted octanol–water partition coefficient (Wildman–Crippen LogP) is 2.18. The second-order valence-electron chi connectivity index (χ2n) is 5.16. The number of aromatic nitrogens is 1. The zero-order chi connectivity index (χ0) is 14.8. The van der Waals surface area contributed by atoms with Crippen LogP contribution in [0, 0.1) is 0 Å². The zero-order valence-electron chi connectivity index (χ0n) is 12.0. The average Bonchev–Trinajstić information content (AvgIpc) is 2.84. The number of rotatable bonds is 4. The lowest BCUT2D eigenvalue weighted by Crippen LogP contribution is -2.23. The van der Waals surface area contributed by atoms with Gasteiger partial charge >= 0.3 is 0 Å². The summed E-state index contributed by atoms with van der Waals surface area (Å²) in [7, 11) is 0. The third-order valence-corrected chi connectivity index (χ3v) is 3.72. The number of nitrogen functional groups attached to an aromatic ring is 1. The Balaban J connectivity index is 1.91. The Bertz CT molecular complexity index is 669. The van der Waals surface area contributed by atoms with Gasteiger partial charge in [-0.2, -0.15) is 0 Å². The third kappa shape index (κ3) is 2.67. The van der Waals surface area contributed by atoms with E-state index in [2.05, 4.69) is 22.1 Å². The van der Waals surface area contributed by atoms with Crippen molar-refractivity contribution in [3.05, 3.63) is 47.8 Å². The summed E-state index contributed by atoms with van der Waals surface area (Å²) in [6.45, 7) is 3.68. The molecule has 2 heterocycles. The SMILES string of the molecule is CCN(Cc1ccncc1)c1cc2c(cc1N)CC(=O)N2. The Morgan fingerprint density at radius 3 is 2.81 bits per heavy atom. The molecule has 5 heteroatoms. The number of fused-ring (bicyclic) bond motifs is 1. The van der Waals surface area contributed by atoms with Gasteiger partial charge in [0.2, 0.25) is 5.91 Å². The number of nitrogens with zero attached hydrogens (tertiary/aromatic N) is 2. The van der Waals surface area contributed by atoms with Crippen molar-refractivity contribution in [2.75, 3.05) is 22.5 Å². The van der Waals surface area contributed by atoms with E-state index in [-0.39, 0.29) is 5.91 Å². The molecule has 0 fully saturated rings. The van der Waals surface area contributed by atoms with E-state index in [4.69, 9.17) is 5.73 Å². The monoisotopic (exact) mass is 282 g/mol. The van der Waals surface area contributed by atoms with Gasteiger partial charge in [-0.05, 0) is 42.3 Å². The molecule has 0 aliphatic carbocycles. The molecule has 1 aliphatic rings. The fraction of sp³-hybridized carbons (Fsp3) is 0.250. The first-order valence-electron chi connectivity index (χ1n) is 7.03. The molecule has 0 radical (unpaired) electrons. The minimum absolute atomic E-state index is 0.0266. The van der Waals surface area contributed by atoms with Crippen molar-refractivity contribution in [3.63, 3.8) is 0 Å². The van der Waals surface area contributed by atoms with Crippen LogP contribution >= 0.6 is 0 Å². The molecule has 0 spiro atoms. The molecule has 108 valence electrons. The third-order valence-electron chi connectivity index (χ3n) is 3.72. The van der Waals surface area contributed by atoms with Gasteiger partial charge in [0.1, 0.15) is 0 Å². The summed E-state index contributed by atoms with van der Waals surface area (Å²) in [5.74, 6) is 0.0266. The Morgan fingerprint density at radius 2 is 2.10 bits per heavy atom. The van der Waals surface area contributed by atoms with E-state index in [1.165, 1.54) is 5.56 Å². The summed E-state index contributed by atoms with van der Waals surface area (Å²) in [4.78, 5) is 17.7. The largest absolute Gasteiger partial charge is 0.397 e. The molecule has 5 nitrogen and oxygen atoms in total. The highest BCUT2D eigenvalue weighted by molar-refractivity contribution is 6.00. The van der Waals surface area contributed by atoms with Crippen molar-refractivity contribution in [3.8, 4) is 0 Å². The van der Waals surface area contributed by atoms with Gasteiger partial charge in [-0.15, -0.1) is 0 Å². The lowest BCUT2D eigenvalue weighted by atomic mass is 10.1. The van der Waals surface area contributed by atoms with Crippen LogP contribution in [0.4, 0.5) is 17.1 Å². The van der Waals surface area contributed by atoms with Gasteiger partial charge < -0.3 is 16.0 Å². The van der Waals surface area contributed by atoms with Gasteiger partial charge in [-0.3, -0.25) is 9.78 Å². The highest BCUT2D eigenvalue weighted by atomic mass is 16.1. The van der Waals surface area contributed by atoms with E-state index < -0.39 is 0 Å². The summed E-state index contributed by atoms with van der Waals surface area (Å²) < 4.78 is 0. The minimum Gasteiger partial charge on any atom is -0.397 e. The van der Waals surface area contributed by atoms with E-state index >= 15 is 0 Å². The maximum Gasteiger partial charge on any atom is 0.228 e. The quantitative estimate of drug-likeness (QED) is 0.843. The van der Waals surface area contributed by atoms with Gasteiger partial charge in [0.15, 0.2) is 0 Å². The van der Waals surface area contributed by atoms with Crippen LogP contribution in [-0.4, -0.2) is 17.4 Å². The highest BCUT2D eigenvalue weighted by Crippen LogP contribution is 2.34. The fourth-order valence-electron chi connectivity index (χ4n) is 2.63. The highest BCUT2D eigenvalue weighted by Gasteiger charge is 2.21. The van der Waals surface area contributed by atoms with Crippen LogP contribution in [0.5, 0.6) is 0 Å². The molecule has 21 heavy (non-hydrogen) atoms. The van der Waals surface area contributed by atoms with E-state index in [0.717, 1.165) is 30.0 Å². The molecule has 3 N–H and O–H groups in total. The maximum absolute atomic E-state index is 11.5. The van der Waals surface area contributed by atoms with Gasteiger partial charge in [0.25, 0.3) is 0 Å². The normalized spacial score (nSPS) is 12.9. The Hall–Kier alpha value is -2.56. The molecule has 0 bridgehead atoms. The van der Waals surface area contributed by atoms with Gasteiger partial charge in [-0.25, -0.2) is 0 Å². The van der Waals surface area contributed by atoms with Crippen molar-refractivity contribution < 1.29 is 4.79 Å². The van der Waals surface area contributed by atoms with E-state index in [1.807, 2.05) is 24.3 Å². The summed E-state index contributed by atoms with van der Waals surface area (Å²) in [5, 5.41) is 2.88. The van der Waals surface area contributed by atoms with Gasteiger partial charge in [0, 0.05) is 31.2 Å². The number of amides is 1. The molecular weight excluding hydrogens is 264 g/mol. The molecule has 0 saturated heterocycles. The molecule has 1 amide bonds. The summed E-state index contributed by atoms with van der Waals surface area (Å²) in [5.41, 5.74) is 10.9. The zero-order valence-corrected chi connectivity index (χ0v) is 12.0. The molecule has 1 aromatic carbocycles. The second kappa shape index (κ2) is 5.44. The number of pyridine rings is 1. The van der Waals surface area contributed by atoms with Crippen LogP contribution in [0.1, 0.15) is 18.1 Å². The van der Waals surface area contributed by atoms with Crippen molar-refractivity contribution in [2.24, 2.45) is 0 Å². The Morgan fingerprint density at radius 1 is 1.33 bits per heavy atom. The van der Waals surface area contributed by atoms with Crippen molar-refractivity contribution in [2.45, 2.75) is 19.9 Å². The molecular formula is C16H18N4O. The van der Waals surface area contributed by atoms with E-state index in [1.54, 1.807) is 12.4 Å². The first kappa shape index (κ1) is 13.4. The van der Waals surface area contributed by atoms with Crippen LogP contribution in [0.2, 0.25) is 0 Å². The predicted molar refractivity (Wildman–Crippen MR) is 84.1 cm³/mol. The number of nitrogens with two attached hydrogens (primary N) is 1. The maximum atomic E-state index is 11.5. The van der Waals surface area contributed by atoms with Gasteiger partial charge in [-0.1, -0.05) is 0 Å².